The van der Waals surface area contributed by atoms with Crippen LogP contribution in [-0.4, -0.2) is 60.0 Å². The molecule has 6 heteroatoms. The highest BCUT2D eigenvalue weighted by Crippen LogP contribution is 2.23. The van der Waals surface area contributed by atoms with E-state index in [-0.39, 0.29) is 11.8 Å². The van der Waals surface area contributed by atoms with Crippen LogP contribution >= 0.6 is 0 Å². The molecule has 0 radical (unpaired) electrons. The summed E-state index contributed by atoms with van der Waals surface area (Å²) in [5, 5.41) is 3.16. The number of piperidine rings is 2. The largest absolute Gasteiger partial charge is 0.355 e. The molecule has 1 amide bonds. The summed E-state index contributed by atoms with van der Waals surface area (Å²) in [5.74, 6) is 1.14. The second-order valence-electron chi connectivity index (χ2n) is 7.56. The van der Waals surface area contributed by atoms with E-state index < -0.39 is 0 Å². The van der Waals surface area contributed by atoms with Gasteiger partial charge in [0.05, 0.1) is 17.0 Å². The lowest BCUT2D eigenvalue weighted by molar-refractivity contribution is -0.125. The molecule has 3 heterocycles. The van der Waals surface area contributed by atoms with Crippen molar-refractivity contribution in [1.29, 1.82) is 0 Å². The number of hydrogen-bond donors (Lipinski definition) is 2. The molecule has 1 aromatic carbocycles. The zero-order valence-electron chi connectivity index (χ0n) is 15.4. The van der Waals surface area contributed by atoms with Gasteiger partial charge in [-0.2, -0.15) is 0 Å². The lowest BCUT2D eigenvalue weighted by Crippen LogP contribution is -2.45. The third-order valence-electron chi connectivity index (χ3n) is 5.64. The number of H-pyrrole nitrogens is 1. The van der Waals surface area contributed by atoms with Crippen LogP contribution in [-0.2, 0) is 4.79 Å². The van der Waals surface area contributed by atoms with Crippen LogP contribution in [0, 0.1) is 5.92 Å². The number of aromatic amines is 1. The Bertz CT molecular complexity index is 704. The molecule has 1 aromatic heterocycles. The van der Waals surface area contributed by atoms with E-state index >= 15 is 0 Å². The number of imidazole rings is 1. The Balaban J connectivity index is 1.30. The number of rotatable bonds is 5. The Labute approximate surface area is 155 Å². The van der Waals surface area contributed by atoms with Crippen molar-refractivity contribution in [1.82, 2.24) is 20.2 Å². The third-order valence-corrected chi connectivity index (χ3v) is 5.64. The number of nitrogens with one attached hydrogen (secondary N) is 2. The first kappa shape index (κ1) is 17.3. The van der Waals surface area contributed by atoms with E-state index in [0.717, 1.165) is 56.0 Å². The van der Waals surface area contributed by atoms with Crippen LogP contribution in [0.2, 0.25) is 0 Å². The lowest BCUT2D eigenvalue weighted by Gasteiger charge is -2.32. The summed E-state index contributed by atoms with van der Waals surface area (Å²) in [6.07, 6.45) is 5.93. The van der Waals surface area contributed by atoms with Crippen molar-refractivity contribution in [3.8, 4) is 0 Å². The smallest absolute Gasteiger partial charge is 0.224 e. The summed E-state index contributed by atoms with van der Waals surface area (Å²) >= 11 is 0. The summed E-state index contributed by atoms with van der Waals surface area (Å²) in [6, 6.07) is 8.07. The highest BCUT2D eigenvalue weighted by molar-refractivity contribution is 5.80. The van der Waals surface area contributed by atoms with Gasteiger partial charge in [-0.05, 0) is 50.9 Å². The van der Waals surface area contributed by atoms with Gasteiger partial charge in [0.1, 0.15) is 0 Å². The quantitative estimate of drug-likeness (QED) is 0.864. The van der Waals surface area contributed by atoms with Crippen molar-refractivity contribution in [2.24, 2.45) is 5.92 Å². The Morgan fingerprint density at radius 2 is 2.00 bits per heavy atom. The predicted octanol–water partition coefficient (Wildman–Crippen LogP) is 2.38. The first-order valence-corrected chi connectivity index (χ1v) is 9.99. The molecule has 0 bridgehead atoms. The molecule has 6 nitrogen and oxygen atoms in total. The number of para-hydroxylation sites is 2. The maximum atomic E-state index is 12.6. The number of benzene rings is 1. The molecule has 2 fully saturated rings. The zero-order chi connectivity index (χ0) is 17.8. The van der Waals surface area contributed by atoms with E-state index in [1.807, 2.05) is 24.3 Å². The lowest BCUT2D eigenvalue weighted by atomic mass is 9.97. The van der Waals surface area contributed by atoms with Gasteiger partial charge in [-0.15, -0.1) is 0 Å². The monoisotopic (exact) mass is 355 g/mol. The summed E-state index contributed by atoms with van der Waals surface area (Å²) in [5.41, 5.74) is 2.03. The van der Waals surface area contributed by atoms with Crippen molar-refractivity contribution in [2.75, 3.05) is 44.2 Å². The highest BCUT2D eigenvalue weighted by Gasteiger charge is 2.27. The van der Waals surface area contributed by atoms with Gasteiger partial charge in [0.15, 0.2) is 0 Å². The standard InChI is InChI=1S/C20H29N5O/c26-19(21-10-14-24-11-4-1-5-12-24)16-7-6-13-25(15-16)20-22-17-8-2-3-9-18(17)23-20/h2-3,8-9,16H,1,4-7,10-15H2,(H,21,26)(H,22,23). The summed E-state index contributed by atoms with van der Waals surface area (Å²) < 4.78 is 0. The number of anilines is 1. The van der Waals surface area contributed by atoms with Crippen molar-refractivity contribution in [3.05, 3.63) is 24.3 Å². The van der Waals surface area contributed by atoms with Crippen molar-refractivity contribution >= 4 is 22.9 Å². The predicted molar refractivity (Wildman–Crippen MR) is 104 cm³/mol. The molecule has 26 heavy (non-hydrogen) atoms. The van der Waals surface area contributed by atoms with Crippen LogP contribution in [0.15, 0.2) is 24.3 Å². The fourth-order valence-electron chi connectivity index (χ4n) is 4.14. The van der Waals surface area contributed by atoms with Crippen molar-refractivity contribution in [2.45, 2.75) is 32.1 Å². The Morgan fingerprint density at radius 1 is 1.15 bits per heavy atom. The summed E-state index contributed by atoms with van der Waals surface area (Å²) in [6.45, 7) is 5.80. The SMILES string of the molecule is O=C(NCCN1CCCCC1)C1CCCN(c2nc3ccccc3[nH]2)C1. The first-order chi connectivity index (χ1) is 12.8. The van der Waals surface area contributed by atoms with Crippen LogP contribution in [0.1, 0.15) is 32.1 Å². The fraction of sp³-hybridized carbons (Fsp3) is 0.600. The van der Waals surface area contributed by atoms with E-state index in [0.29, 0.717) is 0 Å². The van der Waals surface area contributed by atoms with Gasteiger partial charge in [-0.3, -0.25) is 4.79 Å². The molecule has 0 spiro atoms. The van der Waals surface area contributed by atoms with Gasteiger partial charge in [0.25, 0.3) is 0 Å². The van der Waals surface area contributed by atoms with Gasteiger partial charge in [0, 0.05) is 26.2 Å². The molecule has 2 aliphatic heterocycles. The minimum Gasteiger partial charge on any atom is -0.355 e. The molecule has 140 valence electrons. The Morgan fingerprint density at radius 3 is 2.85 bits per heavy atom. The molecule has 0 aliphatic carbocycles. The van der Waals surface area contributed by atoms with Gasteiger partial charge < -0.3 is 20.1 Å². The highest BCUT2D eigenvalue weighted by atomic mass is 16.1. The van der Waals surface area contributed by atoms with Crippen LogP contribution in [0.4, 0.5) is 5.95 Å². The van der Waals surface area contributed by atoms with E-state index in [1.165, 1.54) is 32.4 Å². The topological polar surface area (TPSA) is 64.3 Å². The molecule has 1 atom stereocenters. The maximum absolute atomic E-state index is 12.6. The third kappa shape index (κ3) is 4.01. The Hall–Kier alpha value is -2.08. The number of carbonyl (C=O) groups is 1. The minimum absolute atomic E-state index is 0.0540. The van der Waals surface area contributed by atoms with Gasteiger partial charge in [0.2, 0.25) is 11.9 Å². The zero-order valence-corrected chi connectivity index (χ0v) is 15.4. The van der Waals surface area contributed by atoms with Crippen molar-refractivity contribution in [3.63, 3.8) is 0 Å². The van der Waals surface area contributed by atoms with Gasteiger partial charge >= 0.3 is 0 Å². The number of amides is 1. The number of hydrogen-bond acceptors (Lipinski definition) is 4. The van der Waals surface area contributed by atoms with E-state index in [1.54, 1.807) is 0 Å². The first-order valence-electron chi connectivity index (χ1n) is 9.99. The molecule has 2 aliphatic rings. The molecule has 0 saturated carbocycles. The molecular formula is C20H29N5O. The molecule has 2 N–H and O–H groups in total. The van der Waals surface area contributed by atoms with Crippen LogP contribution in [0.25, 0.3) is 11.0 Å². The number of fused-ring (bicyclic) bond motifs is 1. The van der Waals surface area contributed by atoms with Crippen molar-refractivity contribution < 1.29 is 4.79 Å². The number of aromatic nitrogens is 2. The second-order valence-corrected chi connectivity index (χ2v) is 7.56. The molecule has 2 saturated heterocycles. The van der Waals surface area contributed by atoms with Gasteiger partial charge in [-0.25, -0.2) is 4.98 Å². The maximum Gasteiger partial charge on any atom is 0.224 e. The number of nitrogens with zero attached hydrogens (tertiary/aromatic N) is 3. The number of carbonyl (C=O) groups excluding carboxylic acids is 1. The molecule has 4 rings (SSSR count). The Kier molecular flexibility index (Phi) is 5.39. The van der Waals surface area contributed by atoms with E-state index in [4.69, 9.17) is 0 Å². The van der Waals surface area contributed by atoms with Gasteiger partial charge in [-0.1, -0.05) is 18.6 Å². The molecular weight excluding hydrogens is 326 g/mol. The van der Waals surface area contributed by atoms with Crippen LogP contribution in [0.3, 0.4) is 0 Å². The average molecular weight is 355 g/mol. The fourth-order valence-corrected chi connectivity index (χ4v) is 4.14. The molecule has 2 aromatic rings. The minimum atomic E-state index is 0.0540. The van der Waals surface area contributed by atoms with E-state index in [2.05, 4.69) is 25.1 Å². The average Bonchev–Trinajstić information content (AvgIpc) is 3.13. The van der Waals surface area contributed by atoms with Crippen LogP contribution < -0.4 is 10.2 Å². The summed E-state index contributed by atoms with van der Waals surface area (Å²) in [4.78, 5) is 25.4. The normalized spacial score (nSPS) is 21.8. The second kappa shape index (κ2) is 8.08. The summed E-state index contributed by atoms with van der Waals surface area (Å²) in [7, 11) is 0. The van der Waals surface area contributed by atoms with E-state index in [9.17, 15) is 4.79 Å². The number of likely N-dealkylation sites (tertiary alicyclic amines) is 1. The molecule has 1 unspecified atom stereocenters. The van der Waals surface area contributed by atoms with Crippen LogP contribution in [0.5, 0.6) is 0 Å².